The standard InChI is InChI=1S/C21H21N5O2/c27-20-5-2-12-26(20)18-4-1-3-17(15-18)21(28)23-19-9-14-25(24-19)13-8-16-6-10-22-11-7-16/h1,3-4,6-7,9-11,14-15H,2,5,8,12-13H2,(H,23,24,28). The lowest BCUT2D eigenvalue weighted by Crippen LogP contribution is -2.24. The number of aromatic nitrogens is 3. The largest absolute Gasteiger partial charge is 0.312 e. The highest BCUT2D eigenvalue weighted by Crippen LogP contribution is 2.22. The van der Waals surface area contributed by atoms with Gasteiger partial charge in [-0.3, -0.25) is 19.3 Å². The first-order valence-electron chi connectivity index (χ1n) is 9.33. The number of hydrogen-bond donors (Lipinski definition) is 1. The molecule has 0 saturated carbocycles. The molecule has 1 N–H and O–H groups in total. The fourth-order valence-electron chi connectivity index (χ4n) is 3.27. The van der Waals surface area contributed by atoms with Gasteiger partial charge in [0.15, 0.2) is 5.82 Å². The summed E-state index contributed by atoms with van der Waals surface area (Å²) in [7, 11) is 0. The first-order valence-corrected chi connectivity index (χ1v) is 9.33. The molecule has 1 saturated heterocycles. The molecule has 1 aliphatic heterocycles. The molecule has 0 bridgehead atoms. The molecule has 7 heteroatoms. The number of carbonyl (C=O) groups is 2. The van der Waals surface area contributed by atoms with Crippen LogP contribution in [-0.4, -0.2) is 33.1 Å². The maximum atomic E-state index is 12.6. The molecule has 28 heavy (non-hydrogen) atoms. The Morgan fingerprint density at radius 3 is 2.79 bits per heavy atom. The second-order valence-electron chi connectivity index (χ2n) is 6.72. The molecule has 0 spiro atoms. The maximum absolute atomic E-state index is 12.6. The minimum absolute atomic E-state index is 0.102. The van der Waals surface area contributed by atoms with E-state index in [4.69, 9.17) is 0 Å². The van der Waals surface area contributed by atoms with Gasteiger partial charge < -0.3 is 10.2 Å². The summed E-state index contributed by atoms with van der Waals surface area (Å²) in [5.74, 6) is 0.362. The van der Waals surface area contributed by atoms with Crippen molar-refractivity contribution in [3.05, 3.63) is 72.2 Å². The molecule has 1 aromatic carbocycles. The predicted octanol–water partition coefficient (Wildman–Crippen LogP) is 2.90. The van der Waals surface area contributed by atoms with Crippen molar-refractivity contribution in [2.24, 2.45) is 0 Å². The number of amides is 2. The van der Waals surface area contributed by atoms with Crippen LogP contribution in [0.15, 0.2) is 61.1 Å². The summed E-state index contributed by atoms with van der Waals surface area (Å²) in [5.41, 5.74) is 2.45. The number of hydrogen-bond acceptors (Lipinski definition) is 4. The summed E-state index contributed by atoms with van der Waals surface area (Å²) in [6, 6.07) is 12.9. The first kappa shape index (κ1) is 17.9. The van der Waals surface area contributed by atoms with Crippen LogP contribution in [-0.2, 0) is 17.8 Å². The Labute approximate surface area is 163 Å². The van der Waals surface area contributed by atoms with E-state index in [1.807, 2.05) is 24.4 Å². The monoisotopic (exact) mass is 375 g/mol. The SMILES string of the molecule is O=C(Nc1ccn(CCc2ccncc2)n1)c1cccc(N2CCCC2=O)c1. The molecule has 3 aromatic rings. The third kappa shape index (κ3) is 4.09. The molecule has 2 aromatic heterocycles. The van der Waals surface area contributed by atoms with Gasteiger partial charge in [0.25, 0.3) is 5.91 Å². The minimum atomic E-state index is -0.243. The number of anilines is 2. The average molecular weight is 375 g/mol. The summed E-state index contributed by atoms with van der Waals surface area (Å²) in [4.78, 5) is 30.2. The van der Waals surface area contributed by atoms with Crippen LogP contribution in [0.2, 0.25) is 0 Å². The normalized spacial score (nSPS) is 13.7. The van der Waals surface area contributed by atoms with Crippen molar-refractivity contribution in [3.8, 4) is 0 Å². The molecule has 2 amide bonds. The van der Waals surface area contributed by atoms with Crippen molar-refractivity contribution in [3.63, 3.8) is 0 Å². The summed E-state index contributed by atoms with van der Waals surface area (Å²) in [5, 5.41) is 7.23. The number of rotatable bonds is 6. The van der Waals surface area contributed by atoms with Crippen LogP contribution in [0, 0.1) is 0 Å². The third-order valence-electron chi connectivity index (χ3n) is 4.75. The highest BCUT2D eigenvalue weighted by atomic mass is 16.2. The molecule has 7 nitrogen and oxygen atoms in total. The Morgan fingerprint density at radius 2 is 2.00 bits per heavy atom. The zero-order valence-electron chi connectivity index (χ0n) is 15.4. The van der Waals surface area contributed by atoms with Gasteiger partial charge in [-0.05, 0) is 48.7 Å². The molecule has 1 aliphatic rings. The fraction of sp³-hybridized carbons (Fsp3) is 0.238. The molecule has 0 unspecified atom stereocenters. The Kier molecular flexibility index (Phi) is 5.14. The minimum Gasteiger partial charge on any atom is -0.312 e. The summed E-state index contributed by atoms with van der Waals surface area (Å²) < 4.78 is 1.80. The lowest BCUT2D eigenvalue weighted by Gasteiger charge is -2.16. The van der Waals surface area contributed by atoms with E-state index in [1.165, 1.54) is 5.56 Å². The number of aryl methyl sites for hydroxylation is 2. The van der Waals surface area contributed by atoms with E-state index < -0.39 is 0 Å². The predicted molar refractivity (Wildman–Crippen MR) is 106 cm³/mol. The Hall–Kier alpha value is -3.48. The van der Waals surface area contributed by atoms with Gasteiger partial charge in [-0.2, -0.15) is 5.10 Å². The Morgan fingerprint density at radius 1 is 1.14 bits per heavy atom. The summed E-state index contributed by atoms with van der Waals surface area (Å²) >= 11 is 0. The van der Waals surface area contributed by atoms with Gasteiger partial charge in [-0.1, -0.05) is 6.07 Å². The molecule has 0 aliphatic carbocycles. The zero-order chi connectivity index (χ0) is 19.3. The van der Waals surface area contributed by atoms with Crippen LogP contribution in [0.25, 0.3) is 0 Å². The van der Waals surface area contributed by atoms with Crippen LogP contribution < -0.4 is 10.2 Å². The fourth-order valence-corrected chi connectivity index (χ4v) is 3.27. The van der Waals surface area contributed by atoms with Gasteiger partial charge >= 0.3 is 0 Å². The molecule has 3 heterocycles. The molecular formula is C21H21N5O2. The second-order valence-corrected chi connectivity index (χ2v) is 6.72. The van der Waals surface area contributed by atoms with Crippen LogP contribution in [0.3, 0.4) is 0 Å². The highest BCUT2D eigenvalue weighted by molar-refractivity contribution is 6.05. The highest BCUT2D eigenvalue weighted by Gasteiger charge is 2.22. The Bertz CT molecular complexity index is 983. The topological polar surface area (TPSA) is 80.1 Å². The van der Waals surface area contributed by atoms with Crippen molar-refractivity contribution in [1.29, 1.82) is 0 Å². The molecule has 1 fully saturated rings. The second kappa shape index (κ2) is 8.04. The number of nitrogens with one attached hydrogen (secondary N) is 1. The first-order chi connectivity index (χ1) is 13.7. The smallest absolute Gasteiger partial charge is 0.256 e. The molecule has 0 radical (unpaired) electrons. The van der Waals surface area contributed by atoms with Gasteiger partial charge in [-0.15, -0.1) is 0 Å². The quantitative estimate of drug-likeness (QED) is 0.718. The maximum Gasteiger partial charge on any atom is 0.256 e. The number of pyridine rings is 1. The van der Waals surface area contributed by atoms with Crippen LogP contribution >= 0.6 is 0 Å². The summed E-state index contributed by atoms with van der Waals surface area (Å²) in [6.45, 7) is 1.41. The van der Waals surface area contributed by atoms with Crippen molar-refractivity contribution in [1.82, 2.24) is 14.8 Å². The zero-order valence-corrected chi connectivity index (χ0v) is 15.4. The van der Waals surface area contributed by atoms with E-state index in [9.17, 15) is 9.59 Å². The molecule has 4 rings (SSSR count). The van der Waals surface area contributed by atoms with Gasteiger partial charge in [0.2, 0.25) is 5.91 Å². The number of benzene rings is 1. The van der Waals surface area contributed by atoms with E-state index in [2.05, 4.69) is 15.4 Å². The third-order valence-corrected chi connectivity index (χ3v) is 4.75. The van der Waals surface area contributed by atoms with Gasteiger partial charge in [-0.25, -0.2) is 0 Å². The van der Waals surface area contributed by atoms with E-state index in [0.29, 0.717) is 30.9 Å². The molecule has 0 atom stereocenters. The van der Waals surface area contributed by atoms with Crippen molar-refractivity contribution < 1.29 is 9.59 Å². The van der Waals surface area contributed by atoms with Gasteiger partial charge in [0.1, 0.15) is 0 Å². The average Bonchev–Trinajstić information content (AvgIpc) is 3.36. The van der Waals surface area contributed by atoms with E-state index >= 15 is 0 Å². The van der Waals surface area contributed by atoms with Crippen LogP contribution in [0.4, 0.5) is 11.5 Å². The van der Waals surface area contributed by atoms with Crippen LogP contribution in [0.1, 0.15) is 28.8 Å². The summed E-state index contributed by atoms with van der Waals surface area (Å²) in [6.07, 6.45) is 7.64. The van der Waals surface area contributed by atoms with E-state index in [-0.39, 0.29) is 11.8 Å². The van der Waals surface area contributed by atoms with Crippen molar-refractivity contribution >= 4 is 23.3 Å². The van der Waals surface area contributed by atoms with Gasteiger partial charge in [0, 0.05) is 55.4 Å². The van der Waals surface area contributed by atoms with E-state index in [1.54, 1.807) is 46.2 Å². The Balaban J connectivity index is 1.39. The van der Waals surface area contributed by atoms with Gasteiger partial charge in [0.05, 0.1) is 0 Å². The van der Waals surface area contributed by atoms with Crippen molar-refractivity contribution in [2.75, 3.05) is 16.8 Å². The lowest BCUT2D eigenvalue weighted by atomic mass is 10.1. The molecular weight excluding hydrogens is 354 g/mol. The van der Waals surface area contributed by atoms with E-state index in [0.717, 1.165) is 18.5 Å². The lowest BCUT2D eigenvalue weighted by molar-refractivity contribution is -0.117. The van der Waals surface area contributed by atoms with Crippen molar-refractivity contribution in [2.45, 2.75) is 25.8 Å². The molecule has 142 valence electrons. The number of nitrogens with zero attached hydrogens (tertiary/aromatic N) is 4. The van der Waals surface area contributed by atoms with Crippen LogP contribution in [0.5, 0.6) is 0 Å². The number of carbonyl (C=O) groups excluding carboxylic acids is 2.